The Kier molecular flexibility index (Phi) is 3.52. The van der Waals surface area contributed by atoms with Crippen LogP contribution in [0, 0.1) is 0 Å². The SMILES string of the molecule is Cn1c(-c2cc(Br)cc(Br)c2N)nc2ccc(Cl)cc21. The van der Waals surface area contributed by atoms with Crippen molar-refractivity contribution in [2.75, 3.05) is 5.73 Å². The third-order valence-electron chi connectivity index (χ3n) is 3.18. The summed E-state index contributed by atoms with van der Waals surface area (Å²) in [4.78, 5) is 4.65. The van der Waals surface area contributed by atoms with Gasteiger partial charge in [0.15, 0.2) is 0 Å². The van der Waals surface area contributed by atoms with Gasteiger partial charge in [-0.3, -0.25) is 0 Å². The summed E-state index contributed by atoms with van der Waals surface area (Å²) in [6, 6.07) is 9.52. The molecule has 3 rings (SSSR count). The molecule has 0 saturated heterocycles. The maximum Gasteiger partial charge on any atom is 0.143 e. The number of fused-ring (bicyclic) bond motifs is 1. The van der Waals surface area contributed by atoms with Crippen LogP contribution >= 0.6 is 43.5 Å². The first-order valence-corrected chi connectivity index (χ1v) is 7.80. The van der Waals surface area contributed by atoms with Crippen LogP contribution in [0.25, 0.3) is 22.4 Å². The van der Waals surface area contributed by atoms with E-state index in [1.807, 2.05) is 41.9 Å². The van der Waals surface area contributed by atoms with E-state index in [9.17, 15) is 0 Å². The smallest absolute Gasteiger partial charge is 0.143 e. The van der Waals surface area contributed by atoms with Crippen LogP contribution in [0.4, 0.5) is 5.69 Å². The minimum atomic E-state index is 0.665. The van der Waals surface area contributed by atoms with Gasteiger partial charge in [0.25, 0.3) is 0 Å². The van der Waals surface area contributed by atoms with E-state index in [0.29, 0.717) is 10.7 Å². The van der Waals surface area contributed by atoms with Crippen LogP contribution in [0.1, 0.15) is 0 Å². The molecule has 0 unspecified atom stereocenters. The Morgan fingerprint density at radius 3 is 2.70 bits per heavy atom. The van der Waals surface area contributed by atoms with Crippen LogP contribution in [0.2, 0.25) is 5.02 Å². The number of nitrogens with zero attached hydrogens (tertiary/aromatic N) is 2. The zero-order chi connectivity index (χ0) is 14.4. The second-order valence-corrected chi connectivity index (χ2v) is 6.68. The fourth-order valence-corrected chi connectivity index (χ4v) is 3.57. The molecule has 0 aliphatic carbocycles. The number of nitrogens with two attached hydrogens (primary N) is 1. The molecule has 0 saturated carbocycles. The van der Waals surface area contributed by atoms with Gasteiger partial charge >= 0.3 is 0 Å². The van der Waals surface area contributed by atoms with Crippen LogP contribution in [0.3, 0.4) is 0 Å². The van der Waals surface area contributed by atoms with Crippen molar-refractivity contribution in [1.82, 2.24) is 9.55 Å². The summed E-state index contributed by atoms with van der Waals surface area (Å²) in [5, 5.41) is 0.690. The Labute approximate surface area is 138 Å². The molecule has 0 spiro atoms. The van der Waals surface area contributed by atoms with Gasteiger partial charge in [0.2, 0.25) is 0 Å². The highest BCUT2D eigenvalue weighted by Crippen LogP contribution is 2.36. The fourth-order valence-electron chi connectivity index (χ4n) is 2.17. The lowest BCUT2D eigenvalue weighted by Crippen LogP contribution is -1.98. The van der Waals surface area contributed by atoms with Crippen molar-refractivity contribution < 1.29 is 0 Å². The third kappa shape index (κ3) is 2.24. The predicted molar refractivity (Wildman–Crippen MR) is 91.0 cm³/mol. The number of benzene rings is 2. The van der Waals surface area contributed by atoms with Gasteiger partial charge in [-0.2, -0.15) is 0 Å². The average molecular weight is 416 g/mol. The molecule has 0 aliphatic heterocycles. The summed E-state index contributed by atoms with van der Waals surface area (Å²) in [7, 11) is 1.95. The maximum atomic E-state index is 6.16. The van der Waals surface area contributed by atoms with Crippen molar-refractivity contribution in [1.29, 1.82) is 0 Å². The minimum Gasteiger partial charge on any atom is -0.397 e. The zero-order valence-corrected chi connectivity index (χ0v) is 14.4. The largest absolute Gasteiger partial charge is 0.397 e. The van der Waals surface area contributed by atoms with Crippen molar-refractivity contribution in [3.8, 4) is 11.4 Å². The van der Waals surface area contributed by atoms with E-state index >= 15 is 0 Å². The van der Waals surface area contributed by atoms with Gasteiger partial charge in [-0.05, 0) is 46.3 Å². The molecule has 6 heteroatoms. The fraction of sp³-hybridized carbons (Fsp3) is 0.0714. The van der Waals surface area contributed by atoms with Gasteiger partial charge < -0.3 is 10.3 Å². The van der Waals surface area contributed by atoms with E-state index in [-0.39, 0.29) is 0 Å². The molecule has 102 valence electrons. The molecule has 0 radical (unpaired) electrons. The van der Waals surface area contributed by atoms with Crippen molar-refractivity contribution in [3.05, 3.63) is 44.3 Å². The Hall–Kier alpha value is -1.04. The number of aryl methyl sites for hydroxylation is 1. The third-order valence-corrected chi connectivity index (χ3v) is 4.53. The molecule has 0 aliphatic rings. The molecule has 3 aromatic rings. The molecule has 2 aromatic carbocycles. The lowest BCUT2D eigenvalue weighted by molar-refractivity contribution is 0.959. The molecule has 0 fully saturated rings. The minimum absolute atomic E-state index is 0.665. The van der Waals surface area contributed by atoms with Crippen LogP contribution in [0.15, 0.2) is 39.3 Å². The van der Waals surface area contributed by atoms with Crippen molar-refractivity contribution in [2.24, 2.45) is 7.05 Å². The number of hydrogen-bond acceptors (Lipinski definition) is 2. The Bertz CT molecular complexity index is 827. The molecule has 1 aromatic heterocycles. The van der Waals surface area contributed by atoms with E-state index in [2.05, 4.69) is 36.8 Å². The average Bonchev–Trinajstić information content (AvgIpc) is 2.71. The highest BCUT2D eigenvalue weighted by Gasteiger charge is 2.15. The standard InChI is InChI=1S/C14H10Br2ClN3/c1-20-12-6-8(17)2-3-11(12)19-14(20)9-4-7(15)5-10(16)13(9)18/h2-6H,18H2,1H3. The summed E-state index contributed by atoms with van der Waals surface area (Å²) >= 11 is 13.0. The molecular weight excluding hydrogens is 405 g/mol. The highest BCUT2D eigenvalue weighted by atomic mass is 79.9. The van der Waals surface area contributed by atoms with Crippen LogP contribution in [-0.2, 0) is 7.05 Å². The van der Waals surface area contributed by atoms with Gasteiger partial charge in [0.1, 0.15) is 5.82 Å². The van der Waals surface area contributed by atoms with Gasteiger partial charge in [-0.15, -0.1) is 0 Å². The molecule has 2 N–H and O–H groups in total. The van der Waals surface area contributed by atoms with Crippen LogP contribution in [-0.4, -0.2) is 9.55 Å². The first-order valence-electron chi connectivity index (χ1n) is 5.84. The lowest BCUT2D eigenvalue weighted by Gasteiger charge is -2.08. The monoisotopic (exact) mass is 413 g/mol. The first kappa shape index (κ1) is 13.9. The second kappa shape index (κ2) is 5.06. The van der Waals surface area contributed by atoms with E-state index in [1.54, 1.807) is 0 Å². The molecule has 0 amide bonds. The van der Waals surface area contributed by atoms with Crippen molar-refractivity contribution in [3.63, 3.8) is 0 Å². The number of imidazole rings is 1. The lowest BCUT2D eigenvalue weighted by atomic mass is 10.1. The zero-order valence-electron chi connectivity index (χ0n) is 10.5. The van der Waals surface area contributed by atoms with Gasteiger partial charge in [-0.1, -0.05) is 27.5 Å². The number of halogens is 3. The summed E-state index contributed by atoms with van der Waals surface area (Å²) in [5.41, 5.74) is 9.56. The highest BCUT2D eigenvalue weighted by molar-refractivity contribution is 9.11. The number of rotatable bonds is 1. The van der Waals surface area contributed by atoms with Gasteiger partial charge in [0.05, 0.1) is 16.7 Å². The van der Waals surface area contributed by atoms with Crippen molar-refractivity contribution in [2.45, 2.75) is 0 Å². The van der Waals surface area contributed by atoms with Gasteiger partial charge in [-0.25, -0.2) is 4.98 Å². The summed E-state index contributed by atoms with van der Waals surface area (Å²) in [5.74, 6) is 0.807. The molecule has 20 heavy (non-hydrogen) atoms. The van der Waals surface area contributed by atoms with Crippen LogP contribution in [0.5, 0.6) is 0 Å². The molecule has 0 atom stereocenters. The van der Waals surface area contributed by atoms with E-state index in [1.165, 1.54) is 0 Å². The number of hydrogen-bond donors (Lipinski definition) is 1. The summed E-state index contributed by atoms with van der Waals surface area (Å²) in [6.45, 7) is 0. The van der Waals surface area contributed by atoms with E-state index in [0.717, 1.165) is 31.4 Å². The predicted octanol–water partition coefficient (Wildman–Crippen LogP) is 5.00. The molecular formula is C14H10Br2ClN3. The van der Waals surface area contributed by atoms with Gasteiger partial charge in [0, 0.05) is 26.6 Å². The summed E-state index contributed by atoms with van der Waals surface area (Å²) < 4.78 is 3.77. The first-order chi connectivity index (χ1) is 9.47. The summed E-state index contributed by atoms with van der Waals surface area (Å²) in [6.07, 6.45) is 0. The van der Waals surface area contributed by atoms with Crippen LogP contribution < -0.4 is 5.73 Å². The maximum absolute atomic E-state index is 6.16. The Morgan fingerprint density at radius 1 is 1.20 bits per heavy atom. The Balaban J connectivity index is 2.33. The number of nitrogen functional groups attached to an aromatic ring is 1. The topological polar surface area (TPSA) is 43.8 Å². The second-order valence-electron chi connectivity index (χ2n) is 4.48. The molecule has 1 heterocycles. The molecule has 3 nitrogen and oxygen atoms in total. The van der Waals surface area contributed by atoms with E-state index in [4.69, 9.17) is 17.3 Å². The number of aromatic nitrogens is 2. The number of anilines is 1. The Morgan fingerprint density at radius 2 is 1.95 bits per heavy atom. The molecule has 0 bridgehead atoms. The quantitative estimate of drug-likeness (QED) is 0.569. The van der Waals surface area contributed by atoms with E-state index < -0.39 is 0 Å². The van der Waals surface area contributed by atoms with Crippen molar-refractivity contribution >= 4 is 60.2 Å². The normalized spacial score (nSPS) is 11.2.